The van der Waals surface area contributed by atoms with Gasteiger partial charge in [-0.25, -0.2) is 12.8 Å². The van der Waals surface area contributed by atoms with E-state index >= 15 is 0 Å². The smallest absolute Gasteiger partial charge is 0.244 e. The molecule has 0 aliphatic rings. The first-order chi connectivity index (χ1) is 18.5. The number of sulfonamides is 1. The SMILES string of the molecule is CCCNC(=O)C(Cc1ccccc1)N(Cc1ccc(F)cc1)C(=O)CN(c1ccc(C)cc1C)S(C)(=O)=O. The molecule has 39 heavy (non-hydrogen) atoms. The molecule has 0 aliphatic carbocycles. The minimum atomic E-state index is -3.84. The Labute approximate surface area is 230 Å². The molecule has 0 saturated heterocycles. The van der Waals surface area contributed by atoms with E-state index in [9.17, 15) is 22.4 Å². The number of nitrogens with one attached hydrogen (secondary N) is 1. The van der Waals surface area contributed by atoms with Crippen LogP contribution >= 0.6 is 0 Å². The lowest BCUT2D eigenvalue weighted by Gasteiger charge is -2.33. The number of anilines is 1. The molecule has 0 fully saturated rings. The van der Waals surface area contributed by atoms with Crippen molar-refractivity contribution < 1.29 is 22.4 Å². The first kappa shape index (κ1) is 29.8. The highest BCUT2D eigenvalue weighted by Crippen LogP contribution is 2.25. The number of halogens is 1. The Hall–Kier alpha value is -3.72. The molecule has 3 aromatic carbocycles. The van der Waals surface area contributed by atoms with Crippen molar-refractivity contribution in [2.24, 2.45) is 0 Å². The Morgan fingerprint density at radius 3 is 2.21 bits per heavy atom. The summed E-state index contributed by atoms with van der Waals surface area (Å²) in [5, 5.41) is 2.89. The molecule has 208 valence electrons. The summed E-state index contributed by atoms with van der Waals surface area (Å²) in [6.07, 6.45) is 2.00. The van der Waals surface area contributed by atoms with Gasteiger partial charge in [-0.15, -0.1) is 0 Å². The Bertz CT molecular complexity index is 1380. The van der Waals surface area contributed by atoms with E-state index in [1.165, 1.54) is 17.0 Å². The first-order valence-corrected chi connectivity index (χ1v) is 14.7. The predicted molar refractivity (Wildman–Crippen MR) is 152 cm³/mol. The lowest BCUT2D eigenvalue weighted by Crippen LogP contribution is -2.53. The zero-order valence-corrected chi connectivity index (χ0v) is 23.7. The van der Waals surface area contributed by atoms with Gasteiger partial charge in [0, 0.05) is 19.5 Å². The molecule has 0 radical (unpaired) electrons. The van der Waals surface area contributed by atoms with Crippen LogP contribution in [0, 0.1) is 19.7 Å². The summed E-state index contributed by atoms with van der Waals surface area (Å²) in [5.41, 5.74) is 3.53. The maximum atomic E-state index is 14.0. The number of nitrogens with zero attached hydrogens (tertiary/aromatic N) is 2. The molecule has 1 N–H and O–H groups in total. The van der Waals surface area contributed by atoms with Gasteiger partial charge < -0.3 is 10.2 Å². The second kappa shape index (κ2) is 13.4. The maximum Gasteiger partial charge on any atom is 0.244 e. The molecule has 0 aliphatic heterocycles. The van der Waals surface area contributed by atoms with E-state index in [1.54, 1.807) is 31.2 Å². The van der Waals surface area contributed by atoms with Crippen molar-refractivity contribution in [1.82, 2.24) is 10.2 Å². The van der Waals surface area contributed by atoms with Crippen molar-refractivity contribution in [1.29, 1.82) is 0 Å². The van der Waals surface area contributed by atoms with Crippen LogP contribution in [0.4, 0.5) is 10.1 Å². The Balaban J connectivity index is 2.05. The van der Waals surface area contributed by atoms with Crippen LogP contribution in [0.2, 0.25) is 0 Å². The fourth-order valence-electron chi connectivity index (χ4n) is 4.39. The van der Waals surface area contributed by atoms with Crippen molar-refractivity contribution in [2.45, 2.75) is 46.2 Å². The van der Waals surface area contributed by atoms with Crippen LogP contribution in [-0.2, 0) is 32.6 Å². The number of rotatable bonds is 12. The molecule has 3 aromatic rings. The van der Waals surface area contributed by atoms with Gasteiger partial charge >= 0.3 is 0 Å². The van der Waals surface area contributed by atoms with E-state index in [-0.39, 0.29) is 18.9 Å². The van der Waals surface area contributed by atoms with Crippen LogP contribution in [0.3, 0.4) is 0 Å². The Morgan fingerprint density at radius 2 is 1.62 bits per heavy atom. The normalized spacial score (nSPS) is 12.0. The third-order valence-electron chi connectivity index (χ3n) is 6.39. The largest absolute Gasteiger partial charge is 0.354 e. The third-order valence-corrected chi connectivity index (χ3v) is 7.51. The summed E-state index contributed by atoms with van der Waals surface area (Å²) in [5.74, 6) is -1.30. The zero-order valence-electron chi connectivity index (χ0n) is 22.9. The zero-order chi connectivity index (χ0) is 28.6. The number of carbonyl (C=O) groups is 2. The highest BCUT2D eigenvalue weighted by molar-refractivity contribution is 7.92. The summed E-state index contributed by atoms with van der Waals surface area (Å²) in [6.45, 7) is 5.57. The van der Waals surface area contributed by atoms with Gasteiger partial charge in [-0.1, -0.05) is 67.1 Å². The van der Waals surface area contributed by atoms with E-state index in [0.717, 1.165) is 21.7 Å². The topological polar surface area (TPSA) is 86.8 Å². The predicted octanol–water partition coefficient (Wildman–Crippen LogP) is 4.37. The fourth-order valence-corrected chi connectivity index (χ4v) is 5.29. The average molecular weight is 554 g/mol. The molecule has 7 nitrogen and oxygen atoms in total. The lowest BCUT2D eigenvalue weighted by atomic mass is 10.0. The summed E-state index contributed by atoms with van der Waals surface area (Å²) in [7, 11) is -3.84. The van der Waals surface area contributed by atoms with Gasteiger partial charge in [-0.05, 0) is 55.2 Å². The van der Waals surface area contributed by atoms with Gasteiger partial charge in [0.05, 0.1) is 11.9 Å². The molecule has 1 atom stereocenters. The van der Waals surface area contributed by atoms with Crippen LogP contribution < -0.4 is 9.62 Å². The molecule has 9 heteroatoms. The van der Waals surface area contributed by atoms with E-state index in [4.69, 9.17) is 0 Å². The van der Waals surface area contributed by atoms with Crippen LogP contribution in [-0.4, -0.2) is 50.5 Å². The fraction of sp³-hybridized carbons (Fsp3) is 0.333. The van der Waals surface area contributed by atoms with Gasteiger partial charge in [-0.2, -0.15) is 0 Å². The quantitative estimate of drug-likeness (QED) is 0.361. The first-order valence-electron chi connectivity index (χ1n) is 12.9. The summed E-state index contributed by atoms with van der Waals surface area (Å²) < 4.78 is 40.5. The number of benzene rings is 3. The molecule has 0 bridgehead atoms. The molecule has 1 unspecified atom stereocenters. The van der Waals surface area contributed by atoms with Crippen molar-refractivity contribution in [3.8, 4) is 0 Å². The Kier molecular flexibility index (Phi) is 10.2. The lowest BCUT2D eigenvalue weighted by molar-refractivity contribution is -0.140. The Morgan fingerprint density at radius 1 is 0.949 bits per heavy atom. The van der Waals surface area contributed by atoms with E-state index < -0.39 is 34.3 Å². The van der Waals surface area contributed by atoms with Gasteiger partial charge in [-0.3, -0.25) is 13.9 Å². The van der Waals surface area contributed by atoms with E-state index in [1.807, 2.05) is 50.2 Å². The molecule has 0 spiro atoms. The molecule has 3 rings (SSSR count). The minimum Gasteiger partial charge on any atom is -0.354 e. The highest BCUT2D eigenvalue weighted by Gasteiger charge is 2.33. The van der Waals surface area contributed by atoms with Crippen molar-refractivity contribution >= 4 is 27.5 Å². The minimum absolute atomic E-state index is 0.000635. The van der Waals surface area contributed by atoms with Crippen LogP contribution in [0.25, 0.3) is 0 Å². The number of hydrogen-bond donors (Lipinski definition) is 1. The molecular formula is C30H36FN3O4S. The van der Waals surface area contributed by atoms with Crippen molar-refractivity contribution in [3.63, 3.8) is 0 Å². The second-order valence-electron chi connectivity index (χ2n) is 9.70. The monoisotopic (exact) mass is 553 g/mol. The van der Waals surface area contributed by atoms with E-state index in [0.29, 0.717) is 29.8 Å². The van der Waals surface area contributed by atoms with Gasteiger partial charge in [0.25, 0.3) is 0 Å². The maximum absolute atomic E-state index is 14.0. The van der Waals surface area contributed by atoms with Crippen LogP contribution in [0.15, 0.2) is 72.8 Å². The van der Waals surface area contributed by atoms with Crippen molar-refractivity contribution in [2.75, 3.05) is 23.7 Å². The molecular weight excluding hydrogens is 517 g/mol. The third kappa shape index (κ3) is 8.38. The number of amides is 2. The van der Waals surface area contributed by atoms with Crippen LogP contribution in [0.1, 0.15) is 35.6 Å². The van der Waals surface area contributed by atoms with Crippen LogP contribution in [0.5, 0.6) is 0 Å². The number of hydrogen-bond acceptors (Lipinski definition) is 4. The van der Waals surface area contributed by atoms with E-state index in [2.05, 4.69) is 5.32 Å². The molecule has 0 heterocycles. The number of aryl methyl sites for hydroxylation is 2. The number of carbonyl (C=O) groups excluding carboxylic acids is 2. The molecule has 0 saturated carbocycles. The average Bonchev–Trinajstić information content (AvgIpc) is 2.89. The summed E-state index contributed by atoms with van der Waals surface area (Å²) in [4.78, 5) is 28.8. The second-order valence-corrected chi connectivity index (χ2v) is 11.6. The highest BCUT2D eigenvalue weighted by atomic mass is 32.2. The summed E-state index contributed by atoms with van der Waals surface area (Å²) >= 11 is 0. The molecule has 2 amide bonds. The van der Waals surface area contributed by atoms with Crippen molar-refractivity contribution in [3.05, 3.63) is 101 Å². The van der Waals surface area contributed by atoms with Gasteiger partial charge in [0.1, 0.15) is 18.4 Å². The summed E-state index contributed by atoms with van der Waals surface area (Å²) in [6, 6.07) is 19.4. The van der Waals surface area contributed by atoms with Gasteiger partial charge in [0.2, 0.25) is 21.8 Å². The molecule has 0 aromatic heterocycles. The van der Waals surface area contributed by atoms with Gasteiger partial charge in [0.15, 0.2) is 0 Å². The standard InChI is InChI=1S/C30H36FN3O4S/c1-5-17-32-30(36)28(19-24-9-7-6-8-10-24)33(20-25-12-14-26(31)15-13-25)29(35)21-34(39(4,37)38)27-16-11-22(2)18-23(27)3/h6-16,18,28H,5,17,19-21H2,1-4H3,(H,32,36).